The molecule has 0 aliphatic carbocycles. The number of aryl methyl sites for hydroxylation is 1. The van der Waals surface area contributed by atoms with Crippen LogP contribution in [0.3, 0.4) is 0 Å². The van der Waals surface area contributed by atoms with Crippen LogP contribution in [0.15, 0.2) is 46.9 Å². The third kappa shape index (κ3) is 2.74. The van der Waals surface area contributed by atoms with Crippen molar-refractivity contribution in [2.45, 2.75) is 13.0 Å². The van der Waals surface area contributed by atoms with E-state index in [9.17, 15) is 0 Å². The number of benzene rings is 2. The molecule has 0 aliphatic rings. The van der Waals surface area contributed by atoms with Crippen molar-refractivity contribution in [3.63, 3.8) is 0 Å². The second kappa shape index (κ2) is 5.55. The number of nitrogens with two attached hydrogens (primary N) is 1. The fourth-order valence-electron chi connectivity index (χ4n) is 1.89. The molecule has 0 aliphatic heterocycles. The minimum absolute atomic E-state index is 0.132. The van der Waals surface area contributed by atoms with Crippen molar-refractivity contribution in [2.24, 2.45) is 5.73 Å². The van der Waals surface area contributed by atoms with Gasteiger partial charge in [-0.3, -0.25) is 0 Å². The van der Waals surface area contributed by atoms with E-state index in [-0.39, 0.29) is 6.04 Å². The average molecular weight is 306 g/mol. The number of hydrogen-bond donors (Lipinski definition) is 1. The van der Waals surface area contributed by atoms with Crippen LogP contribution in [0.25, 0.3) is 0 Å². The van der Waals surface area contributed by atoms with E-state index in [1.807, 2.05) is 49.4 Å². The maximum atomic E-state index is 6.27. The molecule has 2 aromatic rings. The van der Waals surface area contributed by atoms with Gasteiger partial charge in [-0.15, -0.1) is 0 Å². The Labute approximate surface area is 116 Å². The van der Waals surface area contributed by atoms with Crippen molar-refractivity contribution < 1.29 is 4.74 Å². The van der Waals surface area contributed by atoms with Gasteiger partial charge in [-0.1, -0.05) is 40.2 Å². The van der Waals surface area contributed by atoms with Gasteiger partial charge in [0.2, 0.25) is 0 Å². The Hall–Kier alpha value is -1.32. The van der Waals surface area contributed by atoms with E-state index < -0.39 is 0 Å². The lowest BCUT2D eigenvalue weighted by atomic mass is 9.98. The molecule has 2 N–H and O–H groups in total. The molecule has 1 atom stereocenters. The number of ether oxygens (including phenoxy) is 1. The molecule has 2 aromatic carbocycles. The monoisotopic (exact) mass is 305 g/mol. The van der Waals surface area contributed by atoms with Gasteiger partial charge in [0.05, 0.1) is 13.2 Å². The van der Waals surface area contributed by atoms with Gasteiger partial charge in [0, 0.05) is 4.47 Å². The lowest BCUT2D eigenvalue weighted by molar-refractivity contribution is 0.411. The second-order valence-corrected chi connectivity index (χ2v) is 5.17. The molecule has 0 bridgehead atoms. The third-order valence-electron chi connectivity index (χ3n) is 3.02. The van der Waals surface area contributed by atoms with Gasteiger partial charge >= 0.3 is 0 Å². The van der Waals surface area contributed by atoms with Crippen LogP contribution in [0.1, 0.15) is 22.7 Å². The van der Waals surface area contributed by atoms with Gasteiger partial charge < -0.3 is 10.5 Å². The molecule has 0 radical (unpaired) electrons. The summed E-state index contributed by atoms with van der Waals surface area (Å²) in [6.45, 7) is 2.02. The summed E-state index contributed by atoms with van der Waals surface area (Å²) in [5.74, 6) is 0.875. The SMILES string of the molecule is COc1cc(C(N)c2ccc(Br)cc2)ccc1C. The first-order chi connectivity index (χ1) is 8.61. The van der Waals surface area contributed by atoms with E-state index in [2.05, 4.69) is 15.9 Å². The number of halogens is 1. The number of hydrogen-bond acceptors (Lipinski definition) is 2. The van der Waals surface area contributed by atoms with Crippen LogP contribution in [0, 0.1) is 6.92 Å². The van der Waals surface area contributed by atoms with Crippen molar-refractivity contribution in [1.82, 2.24) is 0 Å². The molecule has 0 saturated heterocycles. The lowest BCUT2D eigenvalue weighted by Crippen LogP contribution is -2.11. The maximum absolute atomic E-state index is 6.27. The predicted octanol–water partition coefficient (Wildman–Crippen LogP) is 3.81. The second-order valence-electron chi connectivity index (χ2n) is 4.26. The first-order valence-corrected chi connectivity index (χ1v) is 6.56. The van der Waals surface area contributed by atoms with E-state index in [1.54, 1.807) is 7.11 Å². The van der Waals surface area contributed by atoms with Crippen molar-refractivity contribution in [3.8, 4) is 5.75 Å². The molecule has 0 fully saturated rings. The highest BCUT2D eigenvalue weighted by atomic mass is 79.9. The zero-order valence-electron chi connectivity index (χ0n) is 10.5. The largest absolute Gasteiger partial charge is 0.496 e. The van der Waals surface area contributed by atoms with Crippen LogP contribution in [0.2, 0.25) is 0 Å². The summed E-state index contributed by atoms with van der Waals surface area (Å²) in [5.41, 5.74) is 9.53. The molecular weight excluding hydrogens is 290 g/mol. The van der Waals surface area contributed by atoms with Crippen molar-refractivity contribution in [1.29, 1.82) is 0 Å². The lowest BCUT2D eigenvalue weighted by Gasteiger charge is -2.15. The molecule has 0 amide bonds. The van der Waals surface area contributed by atoms with Crippen molar-refractivity contribution in [2.75, 3.05) is 7.11 Å². The Morgan fingerprint density at radius 1 is 1.06 bits per heavy atom. The van der Waals surface area contributed by atoms with Crippen molar-refractivity contribution in [3.05, 3.63) is 63.6 Å². The average Bonchev–Trinajstić information content (AvgIpc) is 2.39. The van der Waals surface area contributed by atoms with E-state index in [0.717, 1.165) is 26.9 Å². The van der Waals surface area contributed by atoms with Gasteiger partial charge in [0.15, 0.2) is 0 Å². The Balaban J connectivity index is 2.33. The normalized spacial score (nSPS) is 12.2. The fourth-order valence-corrected chi connectivity index (χ4v) is 2.16. The van der Waals surface area contributed by atoms with Crippen LogP contribution < -0.4 is 10.5 Å². The molecule has 0 saturated carbocycles. The minimum atomic E-state index is -0.132. The standard InChI is InChI=1S/C15H16BrNO/c1-10-3-4-12(9-14(10)18-2)15(17)11-5-7-13(16)8-6-11/h3-9,15H,17H2,1-2H3. The predicted molar refractivity (Wildman–Crippen MR) is 77.9 cm³/mol. The number of methoxy groups -OCH3 is 1. The van der Waals surface area contributed by atoms with Gasteiger partial charge in [-0.25, -0.2) is 0 Å². The quantitative estimate of drug-likeness (QED) is 0.936. The van der Waals surface area contributed by atoms with Crippen LogP contribution in [-0.4, -0.2) is 7.11 Å². The molecule has 3 heteroatoms. The Morgan fingerprint density at radius 2 is 1.67 bits per heavy atom. The summed E-state index contributed by atoms with van der Waals surface area (Å²) in [6.07, 6.45) is 0. The van der Waals surface area contributed by atoms with Gasteiger partial charge in [0.25, 0.3) is 0 Å². The van der Waals surface area contributed by atoms with Crippen LogP contribution >= 0.6 is 15.9 Å². The van der Waals surface area contributed by atoms with E-state index in [4.69, 9.17) is 10.5 Å². The molecule has 0 aromatic heterocycles. The third-order valence-corrected chi connectivity index (χ3v) is 3.55. The zero-order valence-corrected chi connectivity index (χ0v) is 12.1. The van der Waals surface area contributed by atoms with E-state index in [0.29, 0.717) is 0 Å². The molecule has 1 unspecified atom stereocenters. The Morgan fingerprint density at radius 3 is 2.28 bits per heavy atom. The molecule has 94 valence electrons. The summed E-state index contributed by atoms with van der Waals surface area (Å²) in [5, 5.41) is 0. The molecule has 2 rings (SSSR count). The van der Waals surface area contributed by atoms with Crippen LogP contribution in [0.4, 0.5) is 0 Å². The van der Waals surface area contributed by atoms with Crippen molar-refractivity contribution >= 4 is 15.9 Å². The number of rotatable bonds is 3. The van der Waals surface area contributed by atoms with E-state index in [1.165, 1.54) is 0 Å². The van der Waals surface area contributed by atoms with Gasteiger partial charge in [-0.05, 0) is 41.8 Å². The molecule has 18 heavy (non-hydrogen) atoms. The summed E-state index contributed by atoms with van der Waals surface area (Å²) >= 11 is 3.42. The van der Waals surface area contributed by atoms with E-state index >= 15 is 0 Å². The first kappa shape index (κ1) is 13.1. The molecule has 0 spiro atoms. The Bertz CT molecular complexity index is 537. The molecular formula is C15H16BrNO. The van der Waals surface area contributed by atoms with Gasteiger partial charge in [-0.2, -0.15) is 0 Å². The summed E-state index contributed by atoms with van der Waals surface area (Å²) < 4.78 is 6.38. The highest BCUT2D eigenvalue weighted by Crippen LogP contribution is 2.26. The molecule has 0 heterocycles. The highest BCUT2D eigenvalue weighted by Gasteiger charge is 2.10. The van der Waals surface area contributed by atoms with Gasteiger partial charge in [0.1, 0.15) is 5.75 Å². The zero-order chi connectivity index (χ0) is 13.1. The maximum Gasteiger partial charge on any atom is 0.122 e. The van der Waals surface area contributed by atoms with Crippen LogP contribution in [0.5, 0.6) is 5.75 Å². The minimum Gasteiger partial charge on any atom is -0.496 e. The summed E-state index contributed by atoms with van der Waals surface area (Å²) in [6, 6.07) is 14.0. The smallest absolute Gasteiger partial charge is 0.122 e. The molecule has 2 nitrogen and oxygen atoms in total. The topological polar surface area (TPSA) is 35.2 Å². The van der Waals surface area contributed by atoms with Crippen LogP contribution in [-0.2, 0) is 0 Å². The fraction of sp³-hybridized carbons (Fsp3) is 0.200. The highest BCUT2D eigenvalue weighted by molar-refractivity contribution is 9.10. The summed E-state index contributed by atoms with van der Waals surface area (Å²) in [7, 11) is 1.68. The summed E-state index contributed by atoms with van der Waals surface area (Å²) in [4.78, 5) is 0. The Kier molecular flexibility index (Phi) is 4.04. The first-order valence-electron chi connectivity index (χ1n) is 5.77.